The molecule has 0 radical (unpaired) electrons. The fourth-order valence-electron chi connectivity index (χ4n) is 10.5. The van der Waals surface area contributed by atoms with Gasteiger partial charge in [-0.25, -0.2) is 28.8 Å². The largest absolute Gasteiger partial charge is 0.494 e. The molecule has 0 aliphatic heterocycles. The van der Waals surface area contributed by atoms with Crippen LogP contribution in [0.4, 0.5) is 11.4 Å². The molecule has 1 atom stereocenters. The maximum Gasteiger partial charge on any atom is 0.344 e. The van der Waals surface area contributed by atoms with Crippen molar-refractivity contribution in [3.63, 3.8) is 0 Å². The summed E-state index contributed by atoms with van der Waals surface area (Å²) in [6, 6.07) is 26.7. The predicted octanol–water partition coefficient (Wildman–Crippen LogP) is 18.2. The molecule has 19 nitrogen and oxygen atoms in total. The van der Waals surface area contributed by atoms with E-state index in [1.807, 2.05) is 6.92 Å². The molecule has 0 unspecified atom stereocenters. The van der Waals surface area contributed by atoms with Crippen LogP contribution in [0.15, 0.2) is 128 Å². The van der Waals surface area contributed by atoms with Gasteiger partial charge in [0.1, 0.15) is 23.0 Å². The lowest BCUT2D eigenvalue weighted by Gasteiger charge is -2.16. The Morgan fingerprint density at radius 2 is 0.854 bits per heavy atom. The summed E-state index contributed by atoms with van der Waals surface area (Å²) in [4.78, 5) is 88.1. The van der Waals surface area contributed by atoms with Gasteiger partial charge in [-0.05, 0) is 143 Å². The van der Waals surface area contributed by atoms with Crippen LogP contribution in [0.2, 0.25) is 0 Å². The van der Waals surface area contributed by atoms with Crippen LogP contribution in [0.5, 0.6) is 28.7 Å². The van der Waals surface area contributed by atoms with Crippen LogP contribution in [0.1, 0.15) is 235 Å². The molecule has 96 heavy (non-hydrogen) atoms. The summed E-state index contributed by atoms with van der Waals surface area (Å²) in [7, 11) is 0. The third-order valence-electron chi connectivity index (χ3n) is 16.0. The number of unbranched alkanes of at least 4 members (excludes halogenated alkanes) is 23. The highest BCUT2D eigenvalue weighted by Gasteiger charge is 2.25. The van der Waals surface area contributed by atoms with Gasteiger partial charge in [-0.3, -0.25) is 10.1 Å². The summed E-state index contributed by atoms with van der Waals surface area (Å²) < 4.78 is 50.5. The standard InChI is InChI=1S/C77H100N2O17/c1-5-8-9-27-34-58(4)94-71-57-69(78)67(56-70(71)79(86)87)59-35-37-60(38-36-59)74(82)92-53-32-25-20-26-33-54-93-76(84)68-55-61(75(83)95-64-44-40-62(41-45-64)88-49-28-21-16-12-10-14-18-23-30-51-90-72(80)6-2)39-48-66(68)77(85)96-65-46-42-63(43-47-65)89-50-29-22-17-13-11-15-19-24-31-52-91-73(81)7-3/h6-7,35-48,55-58H,2-3,5,8-34,49-54,78H2,1,4H3/t58-/m0/s1. The van der Waals surface area contributed by atoms with Crippen molar-refractivity contribution in [2.45, 2.75) is 200 Å². The number of rotatable bonds is 51. The quantitative estimate of drug-likeness (QED) is 0.00555. The number of nitro benzene ring substituents is 1. The lowest BCUT2D eigenvalue weighted by Crippen LogP contribution is -2.18. The average molecular weight is 1330 g/mol. The van der Waals surface area contributed by atoms with E-state index in [2.05, 4.69) is 20.1 Å². The lowest BCUT2D eigenvalue weighted by molar-refractivity contribution is -0.386. The Bertz CT molecular complexity index is 3180. The number of nitrogen functional groups attached to an aromatic ring is 1. The van der Waals surface area contributed by atoms with E-state index in [1.165, 1.54) is 42.5 Å². The number of esters is 6. The topological polar surface area (TPSA) is 255 Å². The van der Waals surface area contributed by atoms with Gasteiger partial charge >= 0.3 is 41.5 Å². The Morgan fingerprint density at radius 3 is 1.31 bits per heavy atom. The highest BCUT2D eigenvalue weighted by atomic mass is 16.6. The zero-order valence-corrected chi connectivity index (χ0v) is 56.5. The van der Waals surface area contributed by atoms with Crippen LogP contribution in [0.25, 0.3) is 11.1 Å². The van der Waals surface area contributed by atoms with Crippen molar-refractivity contribution in [1.82, 2.24) is 0 Å². The number of nitrogens with two attached hydrogens (primary N) is 1. The van der Waals surface area contributed by atoms with E-state index in [4.69, 9.17) is 48.4 Å². The van der Waals surface area contributed by atoms with Crippen molar-refractivity contribution in [2.24, 2.45) is 0 Å². The molecule has 0 aliphatic rings. The Labute approximate surface area is 566 Å². The van der Waals surface area contributed by atoms with Gasteiger partial charge in [0.05, 0.1) is 72.9 Å². The van der Waals surface area contributed by atoms with Crippen LogP contribution in [0, 0.1) is 10.1 Å². The average Bonchev–Trinajstić information content (AvgIpc) is 0.820. The molecular weight excluding hydrogens is 1220 g/mol. The fraction of sp³-hybridized carbons (Fsp3) is 0.481. The molecule has 2 N–H and O–H groups in total. The van der Waals surface area contributed by atoms with Gasteiger partial charge in [0.15, 0.2) is 5.75 Å². The zero-order chi connectivity index (χ0) is 69.0. The Morgan fingerprint density at radius 1 is 0.448 bits per heavy atom. The molecule has 5 aromatic carbocycles. The highest BCUT2D eigenvalue weighted by Crippen LogP contribution is 2.38. The second kappa shape index (κ2) is 46.2. The first-order valence-corrected chi connectivity index (χ1v) is 34.5. The van der Waals surface area contributed by atoms with Gasteiger partial charge < -0.3 is 48.4 Å². The predicted molar refractivity (Wildman–Crippen MR) is 371 cm³/mol. The van der Waals surface area contributed by atoms with Gasteiger partial charge in [-0.2, -0.15) is 0 Å². The molecule has 5 rings (SSSR count). The van der Waals surface area contributed by atoms with Crippen molar-refractivity contribution in [3.8, 4) is 39.9 Å². The van der Waals surface area contributed by atoms with Crippen LogP contribution < -0.4 is 29.4 Å². The van der Waals surface area contributed by atoms with Gasteiger partial charge in [0, 0.05) is 35.5 Å². The number of carbonyl (C=O) groups is 6. The Kier molecular flexibility index (Phi) is 37.4. The number of anilines is 1. The van der Waals surface area contributed by atoms with Crippen molar-refractivity contribution >= 4 is 47.2 Å². The number of nitro groups is 1. The minimum atomic E-state index is -0.838. The number of ether oxygens (including phenoxy) is 9. The molecule has 0 amide bonds. The third-order valence-corrected chi connectivity index (χ3v) is 16.0. The summed E-state index contributed by atoms with van der Waals surface area (Å²) in [6.45, 7) is 13.0. The molecule has 520 valence electrons. The highest BCUT2D eigenvalue weighted by molar-refractivity contribution is 6.06. The Balaban J connectivity index is 1.07. The summed E-state index contributed by atoms with van der Waals surface area (Å²) in [6.07, 6.45) is 29.4. The van der Waals surface area contributed by atoms with Crippen molar-refractivity contribution in [3.05, 3.63) is 161 Å². The first-order valence-electron chi connectivity index (χ1n) is 34.5. The molecule has 0 bridgehead atoms. The van der Waals surface area contributed by atoms with E-state index in [-0.39, 0.29) is 70.9 Å². The summed E-state index contributed by atoms with van der Waals surface area (Å²) >= 11 is 0. The minimum absolute atomic E-state index is 0.00516. The molecule has 19 heteroatoms. The lowest BCUT2D eigenvalue weighted by atomic mass is 10.0. The second-order valence-electron chi connectivity index (χ2n) is 23.8. The van der Waals surface area contributed by atoms with Gasteiger partial charge in [0.25, 0.3) is 0 Å². The van der Waals surface area contributed by atoms with Crippen molar-refractivity contribution in [2.75, 3.05) is 45.4 Å². The van der Waals surface area contributed by atoms with Crippen LogP contribution in [0.3, 0.4) is 0 Å². The SMILES string of the molecule is C=CC(=O)OCCCCCCCCCCCOc1ccc(OC(=O)c2ccc(C(=O)Oc3ccc(OCCCCCCCCCCCOC(=O)C=C)cc3)c(C(=O)OCCCCCCCOC(=O)c3ccc(-c4cc([N+](=O)[O-])c(O[C@@H](C)CCCCCC)cc4N)cc3)c2)cc1. The smallest absolute Gasteiger partial charge is 0.344 e. The van der Waals surface area contributed by atoms with Gasteiger partial charge in [-0.15, -0.1) is 0 Å². The van der Waals surface area contributed by atoms with E-state index < -0.39 is 28.8 Å². The molecule has 0 saturated heterocycles. The van der Waals surface area contributed by atoms with Crippen molar-refractivity contribution < 1.29 is 76.3 Å². The summed E-state index contributed by atoms with van der Waals surface area (Å²) in [5, 5.41) is 12.1. The normalized spacial score (nSPS) is 11.2. The molecular formula is C77H100N2O17. The van der Waals surface area contributed by atoms with Crippen LogP contribution in [-0.4, -0.2) is 86.5 Å². The van der Waals surface area contributed by atoms with E-state index >= 15 is 0 Å². The number of benzene rings is 5. The first-order chi connectivity index (χ1) is 46.7. The molecule has 0 aliphatic carbocycles. The molecule has 0 spiro atoms. The first kappa shape index (κ1) is 77.7. The molecule has 5 aromatic rings. The zero-order valence-electron chi connectivity index (χ0n) is 56.5. The number of hydrogen-bond donors (Lipinski definition) is 1. The molecule has 0 aromatic heterocycles. The molecule has 0 fully saturated rings. The number of carbonyl (C=O) groups excluding carboxylic acids is 6. The second-order valence-corrected chi connectivity index (χ2v) is 23.8. The third kappa shape index (κ3) is 30.6. The molecule has 0 saturated carbocycles. The Hall–Kier alpha value is -9.00. The fourth-order valence-corrected chi connectivity index (χ4v) is 10.5. The summed E-state index contributed by atoms with van der Waals surface area (Å²) in [5.41, 5.74) is 7.57. The van der Waals surface area contributed by atoms with E-state index in [0.29, 0.717) is 79.6 Å². The monoisotopic (exact) mass is 1320 g/mol. The minimum Gasteiger partial charge on any atom is -0.494 e. The van der Waals surface area contributed by atoms with Crippen LogP contribution in [-0.2, 0) is 28.5 Å². The van der Waals surface area contributed by atoms with Crippen LogP contribution >= 0.6 is 0 Å². The van der Waals surface area contributed by atoms with Gasteiger partial charge in [0.2, 0.25) is 0 Å². The number of hydrogen-bond acceptors (Lipinski definition) is 18. The van der Waals surface area contributed by atoms with E-state index in [9.17, 15) is 38.9 Å². The maximum absolute atomic E-state index is 13.8. The maximum atomic E-state index is 13.8. The van der Waals surface area contributed by atoms with Crippen molar-refractivity contribution in [1.29, 1.82) is 0 Å². The van der Waals surface area contributed by atoms with Gasteiger partial charge in [-0.1, -0.05) is 161 Å². The van der Waals surface area contributed by atoms with E-state index in [0.717, 1.165) is 161 Å². The molecule has 0 heterocycles. The number of nitrogens with zero attached hydrogens (tertiary/aromatic N) is 1. The summed E-state index contributed by atoms with van der Waals surface area (Å²) in [5.74, 6) is -1.87. The van der Waals surface area contributed by atoms with E-state index in [1.54, 1.807) is 72.8 Å².